The van der Waals surface area contributed by atoms with E-state index in [0.717, 1.165) is 44.2 Å². The van der Waals surface area contributed by atoms with Crippen molar-refractivity contribution in [1.82, 2.24) is 15.1 Å². The molecule has 2 saturated heterocycles. The van der Waals surface area contributed by atoms with Crippen molar-refractivity contribution in [3.63, 3.8) is 0 Å². The van der Waals surface area contributed by atoms with Gasteiger partial charge in [0.1, 0.15) is 6.04 Å². The minimum atomic E-state index is -0.557. The van der Waals surface area contributed by atoms with E-state index in [9.17, 15) is 14.4 Å². The maximum absolute atomic E-state index is 13.5. The maximum Gasteiger partial charge on any atom is 0.250 e. The molecule has 1 aromatic carbocycles. The lowest BCUT2D eigenvalue weighted by atomic mass is 9.94. The Kier molecular flexibility index (Phi) is 8.29. The number of carbonyl (C=O) groups is 3. The number of unbranched alkanes of at least 4 members (excludes halogenated alkanes) is 2. The van der Waals surface area contributed by atoms with E-state index in [1.165, 1.54) is 0 Å². The predicted molar refractivity (Wildman–Crippen MR) is 117 cm³/mol. The molecule has 1 N–H and O–H groups in total. The van der Waals surface area contributed by atoms with Gasteiger partial charge in [-0.05, 0) is 37.7 Å². The Hall–Kier alpha value is -2.37. The summed E-state index contributed by atoms with van der Waals surface area (Å²) < 4.78 is 0. The van der Waals surface area contributed by atoms with Crippen LogP contribution >= 0.6 is 0 Å². The van der Waals surface area contributed by atoms with Gasteiger partial charge in [0.15, 0.2) is 0 Å². The summed E-state index contributed by atoms with van der Waals surface area (Å²) in [6.45, 7) is 4.64. The largest absolute Gasteiger partial charge is 0.356 e. The number of benzene rings is 1. The second kappa shape index (κ2) is 11.1. The van der Waals surface area contributed by atoms with Crippen LogP contribution < -0.4 is 5.32 Å². The normalized spacial score (nSPS) is 18.9. The van der Waals surface area contributed by atoms with Crippen molar-refractivity contribution in [3.8, 4) is 0 Å². The lowest BCUT2D eigenvalue weighted by Crippen LogP contribution is -2.50. The third-order valence-corrected chi connectivity index (χ3v) is 6.28. The van der Waals surface area contributed by atoms with Gasteiger partial charge >= 0.3 is 0 Å². The number of rotatable bonds is 8. The van der Waals surface area contributed by atoms with E-state index >= 15 is 0 Å². The molecule has 2 aliphatic rings. The van der Waals surface area contributed by atoms with Crippen LogP contribution in [-0.2, 0) is 14.4 Å². The van der Waals surface area contributed by atoms with E-state index in [4.69, 9.17) is 0 Å². The summed E-state index contributed by atoms with van der Waals surface area (Å²) in [4.78, 5) is 42.1. The number of hydrogen-bond acceptors (Lipinski definition) is 3. The SMILES string of the molecule is CCCCCNC(=O)C1CCN(C(=O)C(c2ccccc2)N2CCCCC2=O)CC1. The first kappa shape index (κ1) is 22.3. The Balaban J connectivity index is 1.62. The average Bonchev–Trinajstić information content (AvgIpc) is 2.79. The van der Waals surface area contributed by atoms with Crippen LogP contribution in [0.4, 0.5) is 0 Å². The molecule has 1 atom stereocenters. The molecule has 1 unspecified atom stereocenters. The van der Waals surface area contributed by atoms with Crippen LogP contribution in [0.25, 0.3) is 0 Å². The van der Waals surface area contributed by atoms with Gasteiger partial charge in [0.05, 0.1) is 0 Å². The number of piperidine rings is 2. The predicted octanol–water partition coefficient (Wildman–Crippen LogP) is 3.29. The van der Waals surface area contributed by atoms with E-state index in [1.807, 2.05) is 35.2 Å². The molecule has 0 spiro atoms. The molecule has 0 aromatic heterocycles. The number of carbonyl (C=O) groups excluding carboxylic acids is 3. The summed E-state index contributed by atoms with van der Waals surface area (Å²) in [7, 11) is 0. The van der Waals surface area contributed by atoms with Crippen LogP contribution in [0, 0.1) is 5.92 Å². The summed E-state index contributed by atoms with van der Waals surface area (Å²) >= 11 is 0. The van der Waals surface area contributed by atoms with Crippen LogP contribution in [0.5, 0.6) is 0 Å². The molecule has 0 aliphatic carbocycles. The molecule has 6 heteroatoms. The van der Waals surface area contributed by atoms with Gasteiger partial charge in [-0.1, -0.05) is 50.1 Å². The van der Waals surface area contributed by atoms with Gasteiger partial charge in [-0.25, -0.2) is 0 Å². The van der Waals surface area contributed by atoms with Gasteiger partial charge in [0.2, 0.25) is 17.7 Å². The summed E-state index contributed by atoms with van der Waals surface area (Å²) in [5, 5.41) is 3.04. The number of hydrogen-bond donors (Lipinski definition) is 1. The Morgan fingerprint density at radius 1 is 1.07 bits per heavy atom. The number of nitrogens with zero attached hydrogens (tertiary/aromatic N) is 2. The minimum Gasteiger partial charge on any atom is -0.356 e. The fourth-order valence-electron chi connectivity index (χ4n) is 4.46. The van der Waals surface area contributed by atoms with E-state index in [2.05, 4.69) is 12.2 Å². The fraction of sp³-hybridized carbons (Fsp3) is 0.625. The topological polar surface area (TPSA) is 69.7 Å². The first-order chi connectivity index (χ1) is 14.6. The van der Waals surface area contributed by atoms with Crippen LogP contribution in [0.1, 0.15) is 69.9 Å². The molecule has 6 nitrogen and oxygen atoms in total. The van der Waals surface area contributed by atoms with Gasteiger partial charge in [-0.15, -0.1) is 0 Å². The van der Waals surface area contributed by atoms with Crippen molar-refractivity contribution in [3.05, 3.63) is 35.9 Å². The van der Waals surface area contributed by atoms with Crippen molar-refractivity contribution in [2.45, 2.75) is 64.3 Å². The van der Waals surface area contributed by atoms with Crippen LogP contribution in [0.15, 0.2) is 30.3 Å². The quantitative estimate of drug-likeness (QED) is 0.665. The zero-order chi connectivity index (χ0) is 21.3. The van der Waals surface area contributed by atoms with E-state index in [0.29, 0.717) is 38.9 Å². The molecular formula is C24H35N3O3. The van der Waals surface area contributed by atoms with Crippen molar-refractivity contribution in [1.29, 1.82) is 0 Å². The Labute approximate surface area is 180 Å². The highest BCUT2D eigenvalue weighted by Crippen LogP contribution is 2.29. The zero-order valence-corrected chi connectivity index (χ0v) is 18.1. The molecule has 1 aromatic rings. The second-order valence-corrected chi connectivity index (χ2v) is 8.46. The number of likely N-dealkylation sites (tertiary alicyclic amines) is 2. The monoisotopic (exact) mass is 413 g/mol. The van der Waals surface area contributed by atoms with Crippen LogP contribution in [0.2, 0.25) is 0 Å². The zero-order valence-electron chi connectivity index (χ0n) is 18.1. The highest BCUT2D eigenvalue weighted by molar-refractivity contribution is 5.89. The lowest BCUT2D eigenvalue weighted by molar-refractivity contribution is -0.149. The average molecular weight is 414 g/mol. The van der Waals surface area contributed by atoms with Gasteiger partial charge in [0.25, 0.3) is 0 Å². The Morgan fingerprint density at radius 3 is 2.47 bits per heavy atom. The third kappa shape index (κ3) is 5.61. The van der Waals surface area contributed by atoms with Crippen LogP contribution in [0.3, 0.4) is 0 Å². The van der Waals surface area contributed by atoms with Crippen molar-refractivity contribution < 1.29 is 14.4 Å². The molecule has 2 heterocycles. The molecule has 0 bridgehead atoms. The van der Waals surface area contributed by atoms with Crippen LogP contribution in [-0.4, -0.2) is 53.7 Å². The van der Waals surface area contributed by atoms with Gasteiger partial charge in [-0.3, -0.25) is 14.4 Å². The maximum atomic E-state index is 13.5. The summed E-state index contributed by atoms with van der Waals surface area (Å²) in [6, 6.07) is 9.06. The van der Waals surface area contributed by atoms with E-state index < -0.39 is 6.04 Å². The lowest BCUT2D eigenvalue weighted by Gasteiger charge is -2.39. The molecule has 2 aliphatic heterocycles. The summed E-state index contributed by atoms with van der Waals surface area (Å²) in [6.07, 6.45) is 6.98. The molecule has 3 amide bonds. The third-order valence-electron chi connectivity index (χ3n) is 6.28. The highest BCUT2D eigenvalue weighted by atomic mass is 16.2. The molecule has 0 radical (unpaired) electrons. The minimum absolute atomic E-state index is 0.0155. The first-order valence-corrected chi connectivity index (χ1v) is 11.5. The molecule has 3 rings (SSSR count). The van der Waals surface area contributed by atoms with Crippen molar-refractivity contribution in [2.75, 3.05) is 26.2 Å². The molecule has 2 fully saturated rings. The Morgan fingerprint density at radius 2 is 1.80 bits per heavy atom. The number of amides is 3. The summed E-state index contributed by atoms with van der Waals surface area (Å²) in [5.74, 6) is 0.134. The van der Waals surface area contributed by atoms with Gasteiger partial charge < -0.3 is 15.1 Å². The van der Waals surface area contributed by atoms with Gasteiger partial charge in [-0.2, -0.15) is 0 Å². The van der Waals surface area contributed by atoms with E-state index in [-0.39, 0.29) is 23.6 Å². The molecule has 0 saturated carbocycles. The molecular weight excluding hydrogens is 378 g/mol. The first-order valence-electron chi connectivity index (χ1n) is 11.5. The second-order valence-electron chi connectivity index (χ2n) is 8.46. The smallest absolute Gasteiger partial charge is 0.250 e. The Bertz CT molecular complexity index is 714. The molecule has 30 heavy (non-hydrogen) atoms. The standard InChI is InChI=1S/C24H35N3O3/c1-2-3-8-15-25-23(29)20-13-17-26(18-14-20)24(30)22(19-10-5-4-6-11-19)27-16-9-7-12-21(27)28/h4-6,10-11,20,22H,2-3,7-9,12-18H2,1H3,(H,25,29). The fourth-order valence-corrected chi connectivity index (χ4v) is 4.46. The van der Waals surface area contributed by atoms with Gasteiger partial charge in [0, 0.05) is 38.5 Å². The number of nitrogens with one attached hydrogen (secondary N) is 1. The summed E-state index contributed by atoms with van der Waals surface area (Å²) in [5.41, 5.74) is 0.869. The highest BCUT2D eigenvalue weighted by Gasteiger charge is 2.37. The van der Waals surface area contributed by atoms with Crippen molar-refractivity contribution >= 4 is 17.7 Å². The molecule has 164 valence electrons. The van der Waals surface area contributed by atoms with Crippen molar-refractivity contribution in [2.24, 2.45) is 5.92 Å². The van der Waals surface area contributed by atoms with E-state index in [1.54, 1.807) is 4.90 Å².